The third kappa shape index (κ3) is 4.03. The van der Waals surface area contributed by atoms with E-state index >= 15 is 0 Å². The summed E-state index contributed by atoms with van der Waals surface area (Å²) < 4.78 is 1.12. The van der Waals surface area contributed by atoms with E-state index in [1.807, 2.05) is 6.92 Å². The summed E-state index contributed by atoms with van der Waals surface area (Å²) in [6.07, 6.45) is 0. The van der Waals surface area contributed by atoms with Gasteiger partial charge < -0.3 is 5.32 Å². The Hall–Kier alpha value is -0.850. The van der Waals surface area contributed by atoms with Crippen LogP contribution in [0.4, 0.5) is 0 Å². The molecule has 0 aliphatic heterocycles. The molecule has 1 aromatic carbocycles. The van der Waals surface area contributed by atoms with Crippen LogP contribution in [0.5, 0.6) is 0 Å². The first-order chi connectivity index (χ1) is 7.13. The minimum atomic E-state index is 0.0641. The SMILES string of the molecule is Cc1ccc(CNCC(C)C#N)c(Br)c1. The molecule has 2 nitrogen and oxygen atoms in total. The first-order valence-corrected chi connectivity index (χ1v) is 5.78. The number of halogens is 1. The molecular formula is C12H15BrN2. The third-order valence-corrected chi connectivity index (χ3v) is 2.93. The van der Waals surface area contributed by atoms with E-state index in [4.69, 9.17) is 5.26 Å². The van der Waals surface area contributed by atoms with E-state index in [2.05, 4.69) is 52.4 Å². The van der Waals surface area contributed by atoms with Crippen molar-refractivity contribution in [1.29, 1.82) is 5.26 Å². The second-order valence-corrected chi connectivity index (χ2v) is 4.61. The van der Waals surface area contributed by atoms with Crippen LogP contribution in [0.25, 0.3) is 0 Å². The second-order valence-electron chi connectivity index (χ2n) is 3.76. The van der Waals surface area contributed by atoms with Crippen molar-refractivity contribution < 1.29 is 0 Å². The molecule has 0 radical (unpaired) electrons. The standard InChI is InChI=1S/C12H15BrN2/c1-9-3-4-11(12(13)5-9)8-15-7-10(2)6-14/h3-5,10,15H,7-8H2,1-2H3. The largest absolute Gasteiger partial charge is 0.311 e. The number of rotatable bonds is 4. The highest BCUT2D eigenvalue weighted by molar-refractivity contribution is 9.10. The zero-order chi connectivity index (χ0) is 11.3. The van der Waals surface area contributed by atoms with Crippen LogP contribution in [0.3, 0.4) is 0 Å². The molecule has 1 atom stereocenters. The smallest absolute Gasteiger partial charge is 0.0666 e. The lowest BCUT2D eigenvalue weighted by Crippen LogP contribution is -2.19. The molecule has 1 aromatic rings. The Kier molecular flexibility index (Phi) is 4.80. The third-order valence-electron chi connectivity index (χ3n) is 2.19. The van der Waals surface area contributed by atoms with Crippen LogP contribution in [-0.2, 0) is 6.54 Å². The van der Waals surface area contributed by atoms with Crippen molar-refractivity contribution in [2.24, 2.45) is 5.92 Å². The highest BCUT2D eigenvalue weighted by Gasteiger charge is 2.01. The second kappa shape index (κ2) is 5.89. The maximum absolute atomic E-state index is 8.62. The van der Waals surface area contributed by atoms with Gasteiger partial charge >= 0.3 is 0 Å². The van der Waals surface area contributed by atoms with E-state index in [9.17, 15) is 0 Å². The van der Waals surface area contributed by atoms with Crippen LogP contribution in [0.15, 0.2) is 22.7 Å². The minimum absolute atomic E-state index is 0.0641. The van der Waals surface area contributed by atoms with Gasteiger partial charge in [0.2, 0.25) is 0 Å². The summed E-state index contributed by atoms with van der Waals surface area (Å²) in [6.45, 7) is 5.51. The Morgan fingerprint density at radius 2 is 2.27 bits per heavy atom. The Bertz CT molecular complexity index is 368. The van der Waals surface area contributed by atoms with Gasteiger partial charge in [-0.1, -0.05) is 28.1 Å². The Labute approximate surface area is 99.4 Å². The molecule has 0 heterocycles. The number of nitrogens with one attached hydrogen (secondary N) is 1. The van der Waals surface area contributed by atoms with Crippen LogP contribution in [0, 0.1) is 24.2 Å². The van der Waals surface area contributed by atoms with E-state index in [-0.39, 0.29) is 5.92 Å². The Morgan fingerprint density at radius 3 is 2.87 bits per heavy atom. The molecule has 0 aliphatic carbocycles. The first kappa shape index (κ1) is 12.2. The van der Waals surface area contributed by atoms with Crippen molar-refractivity contribution in [2.75, 3.05) is 6.54 Å². The monoisotopic (exact) mass is 266 g/mol. The molecule has 80 valence electrons. The minimum Gasteiger partial charge on any atom is -0.311 e. The summed E-state index contributed by atoms with van der Waals surface area (Å²) in [4.78, 5) is 0. The van der Waals surface area contributed by atoms with E-state index in [0.29, 0.717) is 0 Å². The lowest BCUT2D eigenvalue weighted by atomic mass is 10.1. The van der Waals surface area contributed by atoms with Gasteiger partial charge in [0, 0.05) is 17.6 Å². The van der Waals surface area contributed by atoms with Gasteiger partial charge in [-0.15, -0.1) is 0 Å². The zero-order valence-corrected chi connectivity index (χ0v) is 10.6. The van der Waals surface area contributed by atoms with Crippen LogP contribution >= 0.6 is 15.9 Å². The van der Waals surface area contributed by atoms with E-state index in [1.165, 1.54) is 11.1 Å². The van der Waals surface area contributed by atoms with E-state index in [1.54, 1.807) is 0 Å². The molecule has 0 bridgehead atoms. The number of nitriles is 1. The van der Waals surface area contributed by atoms with Crippen LogP contribution in [0.1, 0.15) is 18.1 Å². The van der Waals surface area contributed by atoms with E-state index in [0.717, 1.165) is 17.6 Å². The normalized spacial score (nSPS) is 12.1. The molecule has 1 rings (SSSR count). The Morgan fingerprint density at radius 1 is 1.53 bits per heavy atom. The molecule has 0 aliphatic rings. The topological polar surface area (TPSA) is 35.8 Å². The molecule has 0 fully saturated rings. The van der Waals surface area contributed by atoms with Gasteiger partial charge in [-0.2, -0.15) is 5.26 Å². The van der Waals surface area contributed by atoms with Gasteiger partial charge in [-0.05, 0) is 31.0 Å². The van der Waals surface area contributed by atoms with Crippen molar-refractivity contribution in [3.63, 3.8) is 0 Å². The predicted molar refractivity (Wildman–Crippen MR) is 65.4 cm³/mol. The van der Waals surface area contributed by atoms with Crippen LogP contribution < -0.4 is 5.32 Å². The van der Waals surface area contributed by atoms with Crippen molar-refractivity contribution >= 4 is 15.9 Å². The van der Waals surface area contributed by atoms with Crippen molar-refractivity contribution in [2.45, 2.75) is 20.4 Å². The molecule has 1 N–H and O–H groups in total. The molecule has 0 aromatic heterocycles. The highest BCUT2D eigenvalue weighted by Crippen LogP contribution is 2.17. The van der Waals surface area contributed by atoms with Crippen molar-refractivity contribution in [1.82, 2.24) is 5.32 Å². The summed E-state index contributed by atoms with van der Waals surface area (Å²) in [5, 5.41) is 11.9. The van der Waals surface area contributed by atoms with Gasteiger partial charge in [0.1, 0.15) is 0 Å². The summed E-state index contributed by atoms with van der Waals surface area (Å²) >= 11 is 3.53. The average Bonchev–Trinajstić information content (AvgIpc) is 2.21. The van der Waals surface area contributed by atoms with Gasteiger partial charge in [0.25, 0.3) is 0 Å². The van der Waals surface area contributed by atoms with Crippen LogP contribution in [0.2, 0.25) is 0 Å². The summed E-state index contributed by atoms with van der Waals surface area (Å²) in [7, 11) is 0. The first-order valence-electron chi connectivity index (χ1n) is 4.99. The molecule has 3 heteroatoms. The number of aryl methyl sites for hydroxylation is 1. The Balaban J connectivity index is 2.48. The lowest BCUT2D eigenvalue weighted by Gasteiger charge is -2.08. The zero-order valence-electron chi connectivity index (χ0n) is 9.05. The average molecular weight is 267 g/mol. The summed E-state index contributed by atoms with van der Waals surface area (Å²) in [5.41, 5.74) is 2.47. The van der Waals surface area contributed by atoms with Crippen LogP contribution in [-0.4, -0.2) is 6.54 Å². The van der Waals surface area contributed by atoms with Crippen molar-refractivity contribution in [3.8, 4) is 6.07 Å². The van der Waals surface area contributed by atoms with Gasteiger partial charge in [-0.3, -0.25) is 0 Å². The highest BCUT2D eigenvalue weighted by atomic mass is 79.9. The van der Waals surface area contributed by atoms with Gasteiger partial charge in [-0.25, -0.2) is 0 Å². The number of hydrogen-bond acceptors (Lipinski definition) is 2. The fourth-order valence-corrected chi connectivity index (χ4v) is 1.90. The molecule has 0 saturated heterocycles. The quantitative estimate of drug-likeness (QED) is 0.910. The fourth-order valence-electron chi connectivity index (χ4n) is 1.26. The van der Waals surface area contributed by atoms with Gasteiger partial charge in [0.15, 0.2) is 0 Å². The van der Waals surface area contributed by atoms with Gasteiger partial charge in [0.05, 0.1) is 12.0 Å². The molecule has 0 saturated carbocycles. The van der Waals surface area contributed by atoms with E-state index < -0.39 is 0 Å². The predicted octanol–water partition coefficient (Wildman–Crippen LogP) is 3.01. The molecular weight excluding hydrogens is 252 g/mol. The molecule has 0 amide bonds. The number of hydrogen-bond donors (Lipinski definition) is 1. The molecule has 1 unspecified atom stereocenters. The summed E-state index contributed by atoms with van der Waals surface area (Å²) in [5.74, 6) is 0.0641. The number of benzene rings is 1. The maximum Gasteiger partial charge on any atom is 0.0666 e. The van der Waals surface area contributed by atoms with Crippen molar-refractivity contribution in [3.05, 3.63) is 33.8 Å². The number of nitrogens with zero attached hydrogens (tertiary/aromatic N) is 1. The lowest BCUT2D eigenvalue weighted by molar-refractivity contribution is 0.601. The molecule has 15 heavy (non-hydrogen) atoms. The summed E-state index contributed by atoms with van der Waals surface area (Å²) in [6, 6.07) is 8.50. The maximum atomic E-state index is 8.62. The molecule has 0 spiro atoms. The fraction of sp³-hybridized carbons (Fsp3) is 0.417.